The van der Waals surface area contributed by atoms with Gasteiger partial charge in [-0.2, -0.15) is 4.31 Å². The Bertz CT molecular complexity index is 645. The minimum atomic E-state index is -3.72. The summed E-state index contributed by atoms with van der Waals surface area (Å²) in [6.07, 6.45) is 1.48. The Kier molecular flexibility index (Phi) is 6.30. The van der Waals surface area contributed by atoms with E-state index in [1.807, 2.05) is 0 Å². The van der Waals surface area contributed by atoms with E-state index in [1.54, 1.807) is 14.0 Å². The molecule has 0 saturated carbocycles. The van der Waals surface area contributed by atoms with Crippen molar-refractivity contribution in [3.05, 3.63) is 33.9 Å². The minimum absolute atomic E-state index is 0. The number of nitrogens with one attached hydrogen (secondary N) is 1. The lowest BCUT2D eigenvalue weighted by Crippen LogP contribution is -2.44. The number of hydrogen-bond donors (Lipinski definition) is 1. The van der Waals surface area contributed by atoms with Crippen LogP contribution in [0.3, 0.4) is 0 Å². The first-order valence-electron chi connectivity index (χ1n) is 6.78. The summed E-state index contributed by atoms with van der Waals surface area (Å²) in [5.41, 5.74) is 0.305. The average Bonchev–Trinajstić information content (AvgIpc) is 2.47. The van der Waals surface area contributed by atoms with Crippen molar-refractivity contribution in [2.24, 2.45) is 0 Å². The lowest BCUT2D eigenvalue weighted by molar-refractivity contribution is -0.385. The van der Waals surface area contributed by atoms with E-state index >= 15 is 0 Å². The number of nitro benzene ring substituents is 1. The molecular weight excluding hydrogens is 330 g/mol. The highest BCUT2D eigenvalue weighted by molar-refractivity contribution is 7.89. The SMILES string of the molecule is Cc1ccc([N+](=O)[O-])cc1S(=O)(=O)N(C)C1CCNCC1.Cl. The number of halogens is 1. The molecule has 124 valence electrons. The summed E-state index contributed by atoms with van der Waals surface area (Å²) in [5, 5.41) is 14.0. The first-order chi connectivity index (χ1) is 9.84. The van der Waals surface area contributed by atoms with Gasteiger partial charge in [-0.25, -0.2) is 8.42 Å². The van der Waals surface area contributed by atoms with Crippen molar-refractivity contribution in [1.29, 1.82) is 0 Å². The molecule has 1 aromatic rings. The topological polar surface area (TPSA) is 92.5 Å². The highest BCUT2D eigenvalue weighted by Gasteiger charge is 2.31. The summed E-state index contributed by atoms with van der Waals surface area (Å²) in [6.45, 7) is 3.20. The fourth-order valence-electron chi connectivity index (χ4n) is 2.50. The Morgan fingerprint density at radius 2 is 1.91 bits per heavy atom. The van der Waals surface area contributed by atoms with Gasteiger partial charge in [0.15, 0.2) is 0 Å². The monoisotopic (exact) mass is 349 g/mol. The van der Waals surface area contributed by atoms with Gasteiger partial charge in [0.25, 0.3) is 5.69 Å². The molecular formula is C13H20ClN3O4S. The van der Waals surface area contributed by atoms with Gasteiger partial charge in [-0.05, 0) is 38.4 Å². The van der Waals surface area contributed by atoms with E-state index in [4.69, 9.17) is 0 Å². The fourth-order valence-corrected chi connectivity index (χ4v) is 4.16. The van der Waals surface area contributed by atoms with Crippen LogP contribution >= 0.6 is 12.4 Å². The molecule has 0 spiro atoms. The second kappa shape index (κ2) is 7.36. The fraction of sp³-hybridized carbons (Fsp3) is 0.538. The Morgan fingerprint density at radius 3 is 2.45 bits per heavy atom. The zero-order chi connectivity index (χ0) is 15.6. The van der Waals surface area contributed by atoms with Gasteiger partial charge in [-0.15, -0.1) is 12.4 Å². The predicted molar refractivity (Wildman–Crippen MR) is 85.9 cm³/mol. The van der Waals surface area contributed by atoms with E-state index < -0.39 is 14.9 Å². The highest BCUT2D eigenvalue weighted by Crippen LogP contribution is 2.26. The number of nitro groups is 1. The summed E-state index contributed by atoms with van der Waals surface area (Å²) in [5.74, 6) is 0. The van der Waals surface area contributed by atoms with Crippen LogP contribution in [0, 0.1) is 17.0 Å². The molecule has 0 aromatic heterocycles. The largest absolute Gasteiger partial charge is 0.317 e. The van der Waals surface area contributed by atoms with Gasteiger partial charge in [-0.3, -0.25) is 10.1 Å². The van der Waals surface area contributed by atoms with Gasteiger partial charge in [0.2, 0.25) is 10.0 Å². The van der Waals surface area contributed by atoms with Gasteiger partial charge in [-0.1, -0.05) is 6.07 Å². The molecule has 1 saturated heterocycles. The predicted octanol–water partition coefficient (Wildman–Crippen LogP) is 1.70. The number of aryl methyl sites for hydroxylation is 1. The Labute approximate surface area is 136 Å². The van der Waals surface area contributed by atoms with Gasteiger partial charge >= 0.3 is 0 Å². The van der Waals surface area contributed by atoms with E-state index in [-0.39, 0.29) is 29.0 Å². The Hall–Kier alpha value is -1.22. The third-order valence-corrected chi connectivity index (χ3v) is 5.91. The van der Waals surface area contributed by atoms with Crippen LogP contribution in [0.2, 0.25) is 0 Å². The van der Waals surface area contributed by atoms with Crippen LogP contribution in [0.15, 0.2) is 23.1 Å². The molecule has 1 aromatic carbocycles. The first kappa shape index (κ1) is 18.8. The molecule has 0 radical (unpaired) electrons. The van der Waals surface area contributed by atoms with Crippen molar-refractivity contribution in [1.82, 2.24) is 9.62 Å². The smallest absolute Gasteiger partial charge is 0.270 e. The number of piperidine rings is 1. The summed E-state index contributed by atoms with van der Waals surface area (Å²) in [6, 6.07) is 3.86. The van der Waals surface area contributed by atoms with Crippen LogP contribution in [0.5, 0.6) is 0 Å². The molecule has 22 heavy (non-hydrogen) atoms. The molecule has 0 aliphatic carbocycles. The quantitative estimate of drug-likeness (QED) is 0.659. The third kappa shape index (κ3) is 3.75. The van der Waals surface area contributed by atoms with E-state index in [0.29, 0.717) is 5.56 Å². The van der Waals surface area contributed by atoms with Gasteiger partial charge in [0, 0.05) is 25.2 Å². The highest BCUT2D eigenvalue weighted by atomic mass is 35.5. The molecule has 9 heteroatoms. The van der Waals surface area contributed by atoms with Crippen molar-refractivity contribution < 1.29 is 13.3 Å². The first-order valence-corrected chi connectivity index (χ1v) is 8.22. The molecule has 1 N–H and O–H groups in total. The van der Waals surface area contributed by atoms with Crippen molar-refractivity contribution in [2.45, 2.75) is 30.7 Å². The summed E-state index contributed by atoms with van der Waals surface area (Å²) in [7, 11) is -2.18. The Morgan fingerprint density at radius 1 is 1.32 bits per heavy atom. The number of non-ortho nitro benzene ring substituents is 1. The molecule has 0 unspecified atom stereocenters. The van der Waals surface area contributed by atoms with E-state index in [2.05, 4.69) is 5.32 Å². The lowest BCUT2D eigenvalue weighted by Gasteiger charge is -2.31. The molecule has 1 aliphatic rings. The molecule has 0 amide bonds. The third-order valence-electron chi connectivity index (χ3n) is 3.86. The van der Waals surface area contributed by atoms with E-state index in [0.717, 1.165) is 32.0 Å². The summed E-state index contributed by atoms with van der Waals surface area (Å²) < 4.78 is 26.8. The minimum Gasteiger partial charge on any atom is -0.317 e. The normalized spacial score (nSPS) is 16.3. The van der Waals surface area contributed by atoms with Crippen LogP contribution in [-0.4, -0.2) is 43.8 Å². The van der Waals surface area contributed by atoms with Gasteiger partial charge < -0.3 is 5.32 Å². The molecule has 0 atom stereocenters. The number of rotatable bonds is 4. The van der Waals surface area contributed by atoms with Crippen LogP contribution in [0.25, 0.3) is 0 Å². The number of hydrogen-bond acceptors (Lipinski definition) is 5. The van der Waals surface area contributed by atoms with Gasteiger partial charge in [0.1, 0.15) is 0 Å². The number of sulfonamides is 1. The maximum Gasteiger partial charge on any atom is 0.270 e. The maximum atomic E-state index is 12.7. The van der Waals surface area contributed by atoms with E-state index in [9.17, 15) is 18.5 Å². The van der Waals surface area contributed by atoms with Crippen LogP contribution in [-0.2, 0) is 10.0 Å². The molecule has 1 fully saturated rings. The molecule has 7 nitrogen and oxygen atoms in total. The number of benzene rings is 1. The zero-order valence-electron chi connectivity index (χ0n) is 12.5. The Balaban J connectivity index is 0.00000242. The summed E-state index contributed by atoms with van der Waals surface area (Å²) in [4.78, 5) is 10.3. The van der Waals surface area contributed by atoms with Crippen molar-refractivity contribution >= 4 is 28.1 Å². The molecule has 1 heterocycles. The average molecular weight is 350 g/mol. The molecule has 0 bridgehead atoms. The number of nitrogens with zero attached hydrogens (tertiary/aromatic N) is 2. The second-order valence-corrected chi connectivity index (χ2v) is 7.18. The summed E-state index contributed by atoms with van der Waals surface area (Å²) >= 11 is 0. The van der Waals surface area contributed by atoms with Crippen molar-refractivity contribution in [3.8, 4) is 0 Å². The van der Waals surface area contributed by atoms with Crippen LogP contribution in [0.1, 0.15) is 18.4 Å². The maximum absolute atomic E-state index is 12.7. The van der Waals surface area contributed by atoms with E-state index in [1.165, 1.54) is 16.4 Å². The van der Waals surface area contributed by atoms with Gasteiger partial charge in [0.05, 0.1) is 9.82 Å². The lowest BCUT2D eigenvalue weighted by atomic mass is 10.1. The standard InChI is InChI=1S/C13H19N3O4S.ClH/c1-10-3-4-12(16(17)18)9-13(10)21(19,20)15(2)11-5-7-14-8-6-11;/h3-4,9,11,14H,5-8H2,1-2H3;1H. The van der Waals surface area contributed by atoms with Crippen LogP contribution < -0.4 is 5.32 Å². The van der Waals surface area contributed by atoms with Crippen LogP contribution in [0.4, 0.5) is 5.69 Å². The zero-order valence-corrected chi connectivity index (χ0v) is 14.1. The van der Waals surface area contributed by atoms with Crippen molar-refractivity contribution in [2.75, 3.05) is 20.1 Å². The van der Waals surface area contributed by atoms with Crippen molar-refractivity contribution in [3.63, 3.8) is 0 Å². The molecule has 1 aliphatic heterocycles. The molecule has 2 rings (SSSR count). The second-order valence-electron chi connectivity index (χ2n) is 5.21.